The third-order valence-electron chi connectivity index (χ3n) is 2.25. The lowest BCUT2D eigenvalue weighted by Crippen LogP contribution is -2.34. The van der Waals surface area contributed by atoms with E-state index in [-0.39, 0.29) is 30.3 Å². The fourth-order valence-corrected chi connectivity index (χ4v) is 0.952. The second-order valence-corrected chi connectivity index (χ2v) is 3.66. The minimum atomic E-state index is -0.230. The molecule has 0 aromatic carbocycles. The summed E-state index contributed by atoms with van der Waals surface area (Å²) in [5.41, 5.74) is 6.22. The molecule has 0 aliphatic rings. The number of anilines is 1. The molecule has 6 heteroatoms. The summed E-state index contributed by atoms with van der Waals surface area (Å²) < 4.78 is 0. The molecule has 0 saturated heterocycles. The third kappa shape index (κ3) is 4.12. The highest BCUT2D eigenvalue weighted by atomic mass is 35.5. The number of carbonyl (C=O) groups is 1. The number of nitrogens with one attached hydrogen (secondary N) is 1. The number of aromatic nitrogens is 2. The molecule has 16 heavy (non-hydrogen) atoms. The van der Waals surface area contributed by atoms with Gasteiger partial charge in [-0.3, -0.25) is 4.79 Å². The van der Waals surface area contributed by atoms with E-state index in [0.717, 1.165) is 0 Å². The van der Waals surface area contributed by atoms with Crippen LogP contribution >= 0.6 is 12.4 Å². The molecule has 0 spiro atoms. The number of hydrogen-bond acceptors (Lipinski definition) is 4. The molecule has 0 aliphatic heterocycles. The Labute approximate surface area is 101 Å². The van der Waals surface area contributed by atoms with E-state index in [1.165, 1.54) is 0 Å². The predicted molar refractivity (Wildman–Crippen MR) is 65.5 cm³/mol. The topological polar surface area (TPSA) is 80.9 Å². The maximum atomic E-state index is 11.6. The summed E-state index contributed by atoms with van der Waals surface area (Å²) >= 11 is 0. The van der Waals surface area contributed by atoms with E-state index >= 15 is 0 Å². The van der Waals surface area contributed by atoms with E-state index < -0.39 is 0 Å². The van der Waals surface area contributed by atoms with Crippen molar-refractivity contribution >= 4 is 24.0 Å². The minimum Gasteiger partial charge on any atom is -0.327 e. The van der Waals surface area contributed by atoms with Crippen molar-refractivity contribution in [3.05, 3.63) is 18.2 Å². The molecule has 1 rings (SSSR count). The maximum Gasteiger partial charge on any atom is 0.228 e. The first-order valence-corrected chi connectivity index (χ1v) is 4.86. The van der Waals surface area contributed by atoms with Gasteiger partial charge >= 0.3 is 0 Å². The molecule has 1 heterocycles. The lowest BCUT2D eigenvalue weighted by atomic mass is 10.0. The maximum absolute atomic E-state index is 11.6. The van der Waals surface area contributed by atoms with Crippen LogP contribution in [0, 0.1) is 12.8 Å². The van der Waals surface area contributed by atoms with E-state index in [2.05, 4.69) is 15.3 Å². The molecular weight excluding hydrogens is 228 g/mol. The molecule has 0 saturated carbocycles. The summed E-state index contributed by atoms with van der Waals surface area (Å²) in [6.45, 7) is 5.38. The molecule has 1 amide bonds. The average Bonchev–Trinajstić information content (AvgIpc) is 2.20. The molecule has 0 bridgehead atoms. The van der Waals surface area contributed by atoms with Crippen LogP contribution in [0.4, 0.5) is 5.69 Å². The molecule has 0 radical (unpaired) electrons. The molecule has 5 nitrogen and oxygen atoms in total. The molecule has 0 fully saturated rings. The molecule has 90 valence electrons. The van der Waals surface area contributed by atoms with Gasteiger partial charge in [-0.2, -0.15) is 0 Å². The van der Waals surface area contributed by atoms with E-state index in [0.29, 0.717) is 11.5 Å². The highest BCUT2D eigenvalue weighted by molar-refractivity contribution is 5.92. The van der Waals surface area contributed by atoms with Crippen molar-refractivity contribution in [2.24, 2.45) is 11.7 Å². The predicted octanol–water partition coefficient (Wildman–Crippen LogP) is 1.13. The zero-order valence-electron chi connectivity index (χ0n) is 9.60. The first-order valence-electron chi connectivity index (χ1n) is 4.86. The van der Waals surface area contributed by atoms with Gasteiger partial charge in [-0.1, -0.05) is 6.92 Å². The van der Waals surface area contributed by atoms with Crippen molar-refractivity contribution in [3.63, 3.8) is 0 Å². The number of aryl methyl sites for hydroxylation is 1. The van der Waals surface area contributed by atoms with Crippen molar-refractivity contribution in [1.29, 1.82) is 0 Å². The Morgan fingerprint density at radius 3 is 2.31 bits per heavy atom. The van der Waals surface area contributed by atoms with Gasteiger partial charge in [0.15, 0.2) is 0 Å². The Morgan fingerprint density at radius 1 is 1.38 bits per heavy atom. The van der Waals surface area contributed by atoms with Crippen molar-refractivity contribution < 1.29 is 4.79 Å². The lowest BCUT2D eigenvalue weighted by Gasteiger charge is -2.14. The summed E-state index contributed by atoms with van der Waals surface area (Å²) in [7, 11) is 0. The highest BCUT2D eigenvalue weighted by Gasteiger charge is 2.16. The number of rotatable bonds is 3. The van der Waals surface area contributed by atoms with Crippen molar-refractivity contribution in [2.75, 3.05) is 5.32 Å². The summed E-state index contributed by atoms with van der Waals surface area (Å²) in [5, 5.41) is 2.71. The van der Waals surface area contributed by atoms with Crippen LogP contribution in [0.2, 0.25) is 0 Å². The SMILES string of the molecule is Cc1ncc(NC(=O)C(C)C(C)N)cn1.Cl. The molecule has 0 aliphatic carbocycles. The molecular formula is C10H17ClN4O. The van der Waals surface area contributed by atoms with Crippen LogP contribution in [0.25, 0.3) is 0 Å². The van der Waals surface area contributed by atoms with E-state index in [9.17, 15) is 4.79 Å². The van der Waals surface area contributed by atoms with Crippen LogP contribution < -0.4 is 11.1 Å². The second-order valence-electron chi connectivity index (χ2n) is 3.66. The molecule has 2 unspecified atom stereocenters. The van der Waals surface area contributed by atoms with Crippen LogP contribution in [0.5, 0.6) is 0 Å². The van der Waals surface area contributed by atoms with Crippen LogP contribution in [0.15, 0.2) is 12.4 Å². The van der Waals surface area contributed by atoms with Crippen LogP contribution in [-0.2, 0) is 4.79 Å². The number of hydrogen-bond donors (Lipinski definition) is 2. The number of nitrogens with zero attached hydrogens (tertiary/aromatic N) is 2. The first-order chi connectivity index (χ1) is 7.00. The van der Waals surface area contributed by atoms with Gasteiger partial charge in [0, 0.05) is 6.04 Å². The van der Waals surface area contributed by atoms with E-state index in [1.807, 2.05) is 0 Å². The average molecular weight is 245 g/mol. The van der Waals surface area contributed by atoms with Crippen molar-refractivity contribution in [1.82, 2.24) is 9.97 Å². The monoisotopic (exact) mass is 244 g/mol. The largest absolute Gasteiger partial charge is 0.327 e. The number of amides is 1. The number of nitrogens with two attached hydrogens (primary N) is 1. The van der Waals surface area contributed by atoms with Gasteiger partial charge in [0.2, 0.25) is 5.91 Å². The van der Waals surface area contributed by atoms with Gasteiger partial charge in [-0.25, -0.2) is 9.97 Å². The zero-order chi connectivity index (χ0) is 11.4. The van der Waals surface area contributed by atoms with E-state index in [4.69, 9.17) is 5.73 Å². The van der Waals surface area contributed by atoms with Gasteiger partial charge in [-0.05, 0) is 13.8 Å². The molecule has 3 N–H and O–H groups in total. The fourth-order valence-electron chi connectivity index (χ4n) is 0.952. The Hall–Kier alpha value is -1.20. The minimum absolute atomic E-state index is 0. The van der Waals surface area contributed by atoms with Gasteiger partial charge in [0.05, 0.1) is 24.0 Å². The highest BCUT2D eigenvalue weighted by Crippen LogP contribution is 2.07. The van der Waals surface area contributed by atoms with Crippen LogP contribution in [-0.4, -0.2) is 21.9 Å². The second kappa shape index (κ2) is 6.40. The summed E-state index contributed by atoms with van der Waals surface area (Å²) in [5.74, 6) is 0.331. The lowest BCUT2D eigenvalue weighted by molar-refractivity contribution is -0.119. The van der Waals surface area contributed by atoms with E-state index in [1.54, 1.807) is 33.2 Å². The Bertz CT molecular complexity index is 339. The Morgan fingerprint density at radius 2 is 1.88 bits per heavy atom. The smallest absolute Gasteiger partial charge is 0.228 e. The van der Waals surface area contributed by atoms with Crippen molar-refractivity contribution in [3.8, 4) is 0 Å². The van der Waals surface area contributed by atoms with Gasteiger partial charge in [0.25, 0.3) is 0 Å². The van der Waals surface area contributed by atoms with Crippen molar-refractivity contribution in [2.45, 2.75) is 26.8 Å². The Kier molecular flexibility index (Phi) is 5.92. The Balaban J connectivity index is 0.00000225. The molecule has 1 aromatic rings. The number of halogens is 1. The third-order valence-corrected chi connectivity index (χ3v) is 2.25. The summed E-state index contributed by atoms with van der Waals surface area (Å²) in [6, 6.07) is -0.170. The number of carbonyl (C=O) groups excluding carboxylic acids is 1. The molecule has 2 atom stereocenters. The quantitative estimate of drug-likeness (QED) is 0.835. The first kappa shape index (κ1) is 14.8. The zero-order valence-corrected chi connectivity index (χ0v) is 10.4. The van der Waals surface area contributed by atoms with Crippen LogP contribution in [0.1, 0.15) is 19.7 Å². The fraction of sp³-hybridized carbons (Fsp3) is 0.500. The molecule has 1 aromatic heterocycles. The normalized spacial score (nSPS) is 13.5. The van der Waals surface area contributed by atoms with Gasteiger partial charge < -0.3 is 11.1 Å². The van der Waals surface area contributed by atoms with Crippen LogP contribution in [0.3, 0.4) is 0 Å². The summed E-state index contributed by atoms with van der Waals surface area (Å²) in [4.78, 5) is 19.6. The van der Waals surface area contributed by atoms with Gasteiger partial charge in [-0.15, -0.1) is 12.4 Å². The van der Waals surface area contributed by atoms with Gasteiger partial charge in [0.1, 0.15) is 5.82 Å². The standard InChI is InChI=1S/C10H16N4O.ClH/c1-6(7(2)11)10(15)14-9-4-12-8(3)13-5-9;/h4-7H,11H2,1-3H3,(H,14,15);1H. The summed E-state index contributed by atoms with van der Waals surface area (Å²) in [6.07, 6.45) is 3.16.